The smallest absolute Gasteiger partial charge is 0.239 e. The van der Waals surface area contributed by atoms with Crippen LogP contribution in [0.1, 0.15) is 25.8 Å². The summed E-state index contributed by atoms with van der Waals surface area (Å²) >= 11 is 0. The highest BCUT2D eigenvalue weighted by atomic mass is 16.2. The van der Waals surface area contributed by atoms with E-state index in [9.17, 15) is 4.79 Å². The van der Waals surface area contributed by atoms with Crippen molar-refractivity contribution in [1.82, 2.24) is 9.80 Å². The number of carbonyl (C=O) groups is 1. The predicted molar refractivity (Wildman–Crippen MR) is 81.2 cm³/mol. The van der Waals surface area contributed by atoms with E-state index >= 15 is 0 Å². The van der Waals surface area contributed by atoms with Crippen LogP contribution in [-0.4, -0.2) is 47.4 Å². The molecule has 110 valence electrons. The summed E-state index contributed by atoms with van der Waals surface area (Å²) in [4.78, 5) is 16.3. The number of nitrogens with zero attached hydrogens (tertiary/aromatic N) is 2. The third-order valence-electron chi connectivity index (χ3n) is 4.02. The van der Waals surface area contributed by atoms with Gasteiger partial charge in [0.1, 0.15) is 0 Å². The number of carbonyl (C=O) groups excluding carboxylic acids is 1. The van der Waals surface area contributed by atoms with E-state index in [4.69, 9.17) is 5.73 Å². The van der Waals surface area contributed by atoms with Crippen LogP contribution in [0.15, 0.2) is 30.3 Å². The molecule has 2 unspecified atom stereocenters. The zero-order valence-corrected chi connectivity index (χ0v) is 12.5. The first-order valence-electron chi connectivity index (χ1n) is 7.44. The molecule has 4 nitrogen and oxygen atoms in total. The third kappa shape index (κ3) is 3.58. The van der Waals surface area contributed by atoms with Gasteiger partial charge in [-0.2, -0.15) is 0 Å². The van der Waals surface area contributed by atoms with Crippen LogP contribution in [-0.2, 0) is 11.3 Å². The molecule has 1 fully saturated rings. The highest BCUT2D eigenvalue weighted by molar-refractivity contribution is 5.81. The molecule has 0 spiro atoms. The lowest BCUT2D eigenvalue weighted by Gasteiger charge is -2.28. The lowest BCUT2D eigenvalue weighted by molar-refractivity contribution is -0.131. The number of hydrogen-bond acceptors (Lipinski definition) is 3. The van der Waals surface area contributed by atoms with Crippen molar-refractivity contribution in [1.29, 1.82) is 0 Å². The summed E-state index contributed by atoms with van der Waals surface area (Å²) in [6.45, 7) is 7.52. The van der Waals surface area contributed by atoms with Gasteiger partial charge in [0.2, 0.25) is 5.91 Å². The Labute approximate surface area is 121 Å². The molecule has 2 N–H and O–H groups in total. The quantitative estimate of drug-likeness (QED) is 0.885. The Morgan fingerprint density at radius 1 is 1.45 bits per heavy atom. The van der Waals surface area contributed by atoms with Crippen molar-refractivity contribution < 1.29 is 4.79 Å². The number of benzene rings is 1. The van der Waals surface area contributed by atoms with E-state index in [0.717, 1.165) is 32.6 Å². The molecule has 4 heteroatoms. The van der Waals surface area contributed by atoms with Crippen molar-refractivity contribution in [2.45, 2.75) is 38.9 Å². The topological polar surface area (TPSA) is 49.6 Å². The molecule has 1 aromatic carbocycles. The minimum absolute atomic E-state index is 0.0725. The standard InChI is InChI=1S/C16H25N3O/c1-3-18(11-14-7-5-4-6-8-14)15-9-10-19(12-15)16(20)13(2)17/h4-8,13,15H,3,9-12,17H2,1-2H3. The van der Waals surface area contributed by atoms with Crippen molar-refractivity contribution in [3.8, 4) is 0 Å². The largest absolute Gasteiger partial charge is 0.340 e. The van der Waals surface area contributed by atoms with E-state index in [2.05, 4.69) is 36.1 Å². The molecule has 20 heavy (non-hydrogen) atoms. The van der Waals surface area contributed by atoms with Crippen LogP contribution in [0.2, 0.25) is 0 Å². The van der Waals surface area contributed by atoms with Gasteiger partial charge in [-0.3, -0.25) is 9.69 Å². The summed E-state index contributed by atoms with van der Waals surface area (Å²) in [6.07, 6.45) is 1.04. The maximum atomic E-state index is 11.9. The predicted octanol–water partition coefficient (Wildman–Crippen LogP) is 1.46. The number of rotatable bonds is 5. The van der Waals surface area contributed by atoms with Gasteiger partial charge in [-0.15, -0.1) is 0 Å². The second-order valence-corrected chi connectivity index (χ2v) is 5.56. The van der Waals surface area contributed by atoms with Gasteiger partial charge in [-0.25, -0.2) is 0 Å². The Kier molecular flexibility index (Phi) is 5.15. The molecule has 0 aromatic heterocycles. The van der Waals surface area contributed by atoms with Gasteiger partial charge in [0.15, 0.2) is 0 Å². The van der Waals surface area contributed by atoms with Crippen LogP contribution in [0, 0.1) is 0 Å². The van der Waals surface area contributed by atoms with E-state index in [1.54, 1.807) is 6.92 Å². The monoisotopic (exact) mass is 275 g/mol. The van der Waals surface area contributed by atoms with Crippen molar-refractivity contribution in [2.75, 3.05) is 19.6 Å². The average Bonchev–Trinajstić information content (AvgIpc) is 2.94. The van der Waals surface area contributed by atoms with E-state index in [1.807, 2.05) is 11.0 Å². The number of hydrogen-bond donors (Lipinski definition) is 1. The molecular weight excluding hydrogens is 250 g/mol. The fourth-order valence-electron chi connectivity index (χ4n) is 2.85. The molecule has 1 saturated heterocycles. The van der Waals surface area contributed by atoms with Gasteiger partial charge in [-0.05, 0) is 25.5 Å². The summed E-state index contributed by atoms with van der Waals surface area (Å²) in [5, 5.41) is 0. The molecule has 1 aromatic rings. The summed E-state index contributed by atoms with van der Waals surface area (Å²) in [5.74, 6) is 0.0725. The van der Waals surface area contributed by atoms with E-state index < -0.39 is 6.04 Å². The van der Waals surface area contributed by atoms with Crippen molar-refractivity contribution >= 4 is 5.91 Å². The molecule has 0 saturated carbocycles. The lowest BCUT2D eigenvalue weighted by atomic mass is 10.1. The van der Waals surface area contributed by atoms with Crippen LogP contribution in [0.3, 0.4) is 0 Å². The minimum Gasteiger partial charge on any atom is -0.340 e. The van der Waals surface area contributed by atoms with Crippen LogP contribution in [0.4, 0.5) is 0 Å². The second kappa shape index (κ2) is 6.86. The fraction of sp³-hybridized carbons (Fsp3) is 0.562. The molecular formula is C16H25N3O. The van der Waals surface area contributed by atoms with Crippen LogP contribution in [0.5, 0.6) is 0 Å². The summed E-state index contributed by atoms with van der Waals surface area (Å²) < 4.78 is 0. The molecule has 0 aliphatic carbocycles. The Balaban J connectivity index is 1.95. The summed E-state index contributed by atoms with van der Waals surface area (Å²) in [6, 6.07) is 10.6. The Hall–Kier alpha value is -1.39. The molecule has 0 bridgehead atoms. The van der Waals surface area contributed by atoms with Crippen LogP contribution >= 0.6 is 0 Å². The Morgan fingerprint density at radius 2 is 2.15 bits per heavy atom. The molecule has 1 amide bonds. The Bertz CT molecular complexity index is 433. The molecule has 1 heterocycles. The van der Waals surface area contributed by atoms with Gasteiger partial charge in [0.05, 0.1) is 6.04 Å². The van der Waals surface area contributed by atoms with Crippen LogP contribution in [0.25, 0.3) is 0 Å². The van der Waals surface area contributed by atoms with Crippen molar-refractivity contribution in [3.05, 3.63) is 35.9 Å². The van der Waals surface area contributed by atoms with E-state index in [0.29, 0.717) is 6.04 Å². The molecule has 1 aliphatic rings. The Morgan fingerprint density at radius 3 is 2.75 bits per heavy atom. The van der Waals surface area contributed by atoms with Gasteiger partial charge >= 0.3 is 0 Å². The second-order valence-electron chi connectivity index (χ2n) is 5.56. The van der Waals surface area contributed by atoms with E-state index in [1.165, 1.54) is 5.56 Å². The maximum Gasteiger partial charge on any atom is 0.239 e. The number of likely N-dealkylation sites (N-methyl/N-ethyl adjacent to an activating group) is 1. The number of nitrogens with two attached hydrogens (primary N) is 1. The zero-order valence-electron chi connectivity index (χ0n) is 12.5. The SMILES string of the molecule is CCN(Cc1ccccc1)C1CCN(C(=O)C(C)N)C1. The summed E-state index contributed by atoms with van der Waals surface area (Å²) in [7, 11) is 0. The zero-order chi connectivity index (χ0) is 14.5. The molecule has 0 radical (unpaired) electrons. The fourth-order valence-corrected chi connectivity index (χ4v) is 2.85. The van der Waals surface area contributed by atoms with Gasteiger partial charge in [0.25, 0.3) is 0 Å². The first-order chi connectivity index (χ1) is 9.61. The van der Waals surface area contributed by atoms with Crippen LogP contribution < -0.4 is 5.73 Å². The average molecular weight is 275 g/mol. The number of amides is 1. The normalized spacial score (nSPS) is 20.4. The molecule has 2 rings (SSSR count). The van der Waals surface area contributed by atoms with Crippen molar-refractivity contribution in [2.24, 2.45) is 5.73 Å². The van der Waals surface area contributed by atoms with Gasteiger partial charge < -0.3 is 10.6 Å². The number of likely N-dealkylation sites (tertiary alicyclic amines) is 1. The molecule has 1 aliphatic heterocycles. The van der Waals surface area contributed by atoms with Gasteiger partial charge in [0, 0.05) is 25.7 Å². The van der Waals surface area contributed by atoms with Gasteiger partial charge in [-0.1, -0.05) is 37.3 Å². The highest BCUT2D eigenvalue weighted by Crippen LogP contribution is 2.18. The highest BCUT2D eigenvalue weighted by Gasteiger charge is 2.30. The first-order valence-corrected chi connectivity index (χ1v) is 7.44. The van der Waals surface area contributed by atoms with Crippen molar-refractivity contribution in [3.63, 3.8) is 0 Å². The maximum absolute atomic E-state index is 11.9. The third-order valence-corrected chi connectivity index (χ3v) is 4.02. The van der Waals surface area contributed by atoms with E-state index in [-0.39, 0.29) is 5.91 Å². The summed E-state index contributed by atoms with van der Waals surface area (Å²) in [5.41, 5.74) is 7.01. The minimum atomic E-state index is -0.391. The lowest BCUT2D eigenvalue weighted by Crippen LogP contribution is -2.43. The first kappa shape index (κ1) is 15.0. The molecule has 2 atom stereocenters.